The summed E-state index contributed by atoms with van der Waals surface area (Å²) in [6.45, 7) is 1.95. The third-order valence-electron chi connectivity index (χ3n) is 8.97. The highest BCUT2D eigenvalue weighted by Crippen LogP contribution is 2.51. The summed E-state index contributed by atoms with van der Waals surface area (Å²) in [5.74, 6) is -1.26. The van der Waals surface area contributed by atoms with Crippen LogP contribution in [0, 0.1) is 0 Å². The van der Waals surface area contributed by atoms with E-state index in [2.05, 4.69) is 10.4 Å². The SMILES string of the molecule is C[C@@H]1CN([C@]2(C(=O)OC(c3ccccc3)c3ccccc3)CN3C(=O)[C@@H](NC(=O)Cc4ccccc4)[C@H]3S2)C(=O)N1/N=C/c1ccccc1. The summed E-state index contributed by atoms with van der Waals surface area (Å²) < 4.78 is 6.39. The normalized spacial score (nSPS) is 23.1. The van der Waals surface area contributed by atoms with Gasteiger partial charge in [0.25, 0.3) is 0 Å². The summed E-state index contributed by atoms with van der Waals surface area (Å²) >= 11 is 1.17. The smallest absolute Gasteiger partial charge is 0.345 e. The van der Waals surface area contributed by atoms with Crippen molar-refractivity contribution < 1.29 is 23.9 Å². The maximum absolute atomic E-state index is 14.7. The minimum atomic E-state index is -1.59. The van der Waals surface area contributed by atoms with Gasteiger partial charge in [0.1, 0.15) is 11.4 Å². The van der Waals surface area contributed by atoms with Crippen LogP contribution >= 0.6 is 11.8 Å². The van der Waals surface area contributed by atoms with Gasteiger partial charge in [-0.25, -0.2) is 14.6 Å². The third kappa shape index (κ3) is 6.29. The Morgan fingerprint density at radius 2 is 1.47 bits per heavy atom. The number of nitrogens with zero attached hydrogens (tertiary/aromatic N) is 4. The molecule has 4 atom stereocenters. The minimum absolute atomic E-state index is 0.0872. The molecule has 0 saturated carbocycles. The minimum Gasteiger partial charge on any atom is -0.450 e. The second-order valence-electron chi connectivity index (χ2n) is 12.3. The van der Waals surface area contributed by atoms with Gasteiger partial charge in [0.15, 0.2) is 6.10 Å². The monoisotopic (exact) mass is 673 g/mol. The van der Waals surface area contributed by atoms with Crippen LogP contribution in [-0.2, 0) is 25.5 Å². The van der Waals surface area contributed by atoms with Gasteiger partial charge in [-0.1, -0.05) is 133 Å². The number of thioether (sulfide) groups is 1. The molecule has 1 N–H and O–H groups in total. The van der Waals surface area contributed by atoms with Gasteiger partial charge in [0, 0.05) is 6.54 Å². The van der Waals surface area contributed by atoms with Gasteiger partial charge in [-0.2, -0.15) is 5.10 Å². The number of hydrazone groups is 1. The van der Waals surface area contributed by atoms with Crippen LogP contribution in [0.3, 0.4) is 0 Å². The number of esters is 1. The summed E-state index contributed by atoms with van der Waals surface area (Å²) in [5.41, 5.74) is 3.17. The predicted octanol–water partition coefficient (Wildman–Crippen LogP) is 4.82. The van der Waals surface area contributed by atoms with Gasteiger partial charge < -0.3 is 15.0 Å². The molecule has 0 bridgehead atoms. The lowest BCUT2D eigenvalue weighted by Crippen LogP contribution is -2.67. The van der Waals surface area contributed by atoms with E-state index < -0.39 is 34.4 Å². The average molecular weight is 674 g/mol. The van der Waals surface area contributed by atoms with Crippen molar-refractivity contribution in [1.29, 1.82) is 0 Å². The van der Waals surface area contributed by atoms with Crippen molar-refractivity contribution in [1.82, 2.24) is 20.1 Å². The van der Waals surface area contributed by atoms with E-state index in [1.807, 2.05) is 128 Å². The maximum Gasteiger partial charge on any atom is 0.345 e. The number of rotatable bonds is 10. The van der Waals surface area contributed by atoms with Crippen LogP contribution in [0.15, 0.2) is 126 Å². The fraction of sp³-hybridized carbons (Fsp3) is 0.237. The van der Waals surface area contributed by atoms with Crippen LogP contribution in [0.25, 0.3) is 0 Å². The standard InChI is InChI=1S/C38H35N5O5S/c1-26-24-42(37(47)43(26)39-23-28-16-8-3-9-17-28)38(36(46)48-33(29-18-10-4-11-19-29)30-20-12-5-13-21-30)25-41-34(45)32(35(41)49-38)40-31(44)22-27-14-6-2-7-15-27/h2-21,23,26,32-33,35H,22,24-25H2,1H3,(H,40,44)/b39-23+/t26-,32-,35-,38-/m1/s1. The molecule has 4 aromatic rings. The molecule has 3 saturated heterocycles. The van der Waals surface area contributed by atoms with Gasteiger partial charge >= 0.3 is 12.0 Å². The number of carbonyl (C=O) groups excluding carboxylic acids is 4. The lowest BCUT2D eigenvalue weighted by atomic mass is 10.0. The van der Waals surface area contributed by atoms with Crippen molar-refractivity contribution >= 4 is 41.8 Å². The molecule has 4 aromatic carbocycles. The molecule has 0 spiro atoms. The third-order valence-corrected chi connectivity index (χ3v) is 10.6. The fourth-order valence-corrected chi connectivity index (χ4v) is 8.11. The Labute approximate surface area is 288 Å². The highest BCUT2D eigenvalue weighted by molar-refractivity contribution is 8.02. The molecule has 3 fully saturated rings. The molecule has 7 rings (SSSR count). The van der Waals surface area contributed by atoms with Gasteiger partial charge in [-0.3, -0.25) is 14.5 Å². The number of urea groups is 1. The number of benzene rings is 4. The van der Waals surface area contributed by atoms with E-state index in [0.29, 0.717) is 0 Å². The van der Waals surface area contributed by atoms with Crippen LogP contribution in [-0.4, -0.2) is 80.3 Å². The molecule has 3 aliphatic heterocycles. The van der Waals surface area contributed by atoms with E-state index in [4.69, 9.17) is 4.74 Å². The zero-order chi connectivity index (χ0) is 34.0. The van der Waals surface area contributed by atoms with Crippen LogP contribution < -0.4 is 5.32 Å². The van der Waals surface area contributed by atoms with E-state index >= 15 is 0 Å². The molecular formula is C38H35N5O5S. The molecular weight excluding hydrogens is 639 g/mol. The number of fused-ring (bicyclic) bond motifs is 1. The molecule has 10 nitrogen and oxygen atoms in total. The molecule has 4 amide bonds. The second-order valence-corrected chi connectivity index (χ2v) is 13.7. The number of carbonyl (C=O) groups is 4. The van der Waals surface area contributed by atoms with Gasteiger partial charge in [0.05, 0.1) is 25.2 Å². The van der Waals surface area contributed by atoms with E-state index in [-0.39, 0.29) is 37.4 Å². The molecule has 0 aromatic heterocycles. The highest BCUT2D eigenvalue weighted by atomic mass is 32.2. The average Bonchev–Trinajstić information content (AvgIpc) is 3.65. The maximum atomic E-state index is 14.7. The molecule has 49 heavy (non-hydrogen) atoms. The lowest BCUT2D eigenvalue weighted by molar-refractivity contribution is -0.157. The number of ether oxygens (including phenoxy) is 1. The largest absolute Gasteiger partial charge is 0.450 e. The Morgan fingerprint density at radius 1 is 0.898 bits per heavy atom. The van der Waals surface area contributed by atoms with E-state index in [9.17, 15) is 19.2 Å². The van der Waals surface area contributed by atoms with Crippen LogP contribution in [0.2, 0.25) is 0 Å². The zero-order valence-corrected chi connectivity index (χ0v) is 27.6. The van der Waals surface area contributed by atoms with Crippen LogP contribution in [0.1, 0.15) is 35.3 Å². The molecule has 248 valence electrons. The zero-order valence-electron chi connectivity index (χ0n) is 26.8. The molecule has 0 unspecified atom stereocenters. The van der Waals surface area contributed by atoms with Crippen molar-refractivity contribution in [3.05, 3.63) is 144 Å². The molecule has 3 aliphatic rings. The first kappa shape index (κ1) is 32.1. The van der Waals surface area contributed by atoms with Crippen molar-refractivity contribution in [2.75, 3.05) is 13.1 Å². The van der Waals surface area contributed by atoms with E-state index in [1.54, 1.807) is 11.1 Å². The summed E-state index contributed by atoms with van der Waals surface area (Å²) in [6, 6.07) is 35.8. The lowest BCUT2D eigenvalue weighted by Gasteiger charge is -2.41. The number of amides is 4. The number of nitrogens with one attached hydrogen (secondary N) is 1. The first-order valence-electron chi connectivity index (χ1n) is 16.2. The summed E-state index contributed by atoms with van der Waals surface area (Å²) in [7, 11) is 0. The molecule has 3 heterocycles. The Morgan fingerprint density at radius 3 is 2.08 bits per heavy atom. The highest BCUT2D eigenvalue weighted by Gasteiger charge is 2.67. The summed E-state index contributed by atoms with van der Waals surface area (Å²) in [6.07, 6.45) is 0.960. The molecule has 11 heteroatoms. The van der Waals surface area contributed by atoms with Crippen LogP contribution in [0.4, 0.5) is 4.79 Å². The van der Waals surface area contributed by atoms with Crippen molar-refractivity contribution in [3.63, 3.8) is 0 Å². The van der Waals surface area contributed by atoms with Crippen molar-refractivity contribution in [3.8, 4) is 0 Å². The molecule has 0 aliphatic carbocycles. The van der Waals surface area contributed by atoms with E-state index in [1.165, 1.54) is 21.7 Å². The van der Waals surface area contributed by atoms with Gasteiger partial charge in [-0.15, -0.1) is 0 Å². The topological polar surface area (TPSA) is 112 Å². The Hall–Kier alpha value is -5.42. The first-order valence-corrected chi connectivity index (χ1v) is 17.0. The Kier molecular flexibility index (Phi) is 8.92. The van der Waals surface area contributed by atoms with Gasteiger partial charge in [-0.05, 0) is 29.2 Å². The van der Waals surface area contributed by atoms with Crippen LogP contribution in [0.5, 0.6) is 0 Å². The summed E-state index contributed by atoms with van der Waals surface area (Å²) in [5, 5.41) is 8.17. The fourth-order valence-electron chi connectivity index (χ4n) is 6.45. The number of hydrogen-bond donors (Lipinski definition) is 1. The quantitative estimate of drug-likeness (QED) is 0.147. The first-order chi connectivity index (χ1) is 23.8. The van der Waals surface area contributed by atoms with Gasteiger partial charge in [0.2, 0.25) is 16.7 Å². The van der Waals surface area contributed by atoms with Crippen molar-refractivity contribution in [2.24, 2.45) is 5.10 Å². The second kappa shape index (κ2) is 13.6. The van der Waals surface area contributed by atoms with Crippen molar-refractivity contribution in [2.45, 2.75) is 41.8 Å². The Balaban J connectivity index is 1.19. The number of hydrogen-bond acceptors (Lipinski definition) is 7. The van der Waals surface area contributed by atoms with E-state index in [0.717, 1.165) is 22.3 Å². The molecule has 0 radical (unpaired) electrons. The Bertz CT molecular complexity index is 1820. The predicted molar refractivity (Wildman–Crippen MR) is 186 cm³/mol. The summed E-state index contributed by atoms with van der Waals surface area (Å²) in [4.78, 5) is 56.9. The number of β-lactam (4-membered cyclic amide) rings is 1.